The van der Waals surface area contributed by atoms with Crippen molar-refractivity contribution in [3.05, 3.63) is 47.7 Å². The number of amides is 1. The zero-order valence-corrected chi connectivity index (χ0v) is 11.8. The second-order valence-electron chi connectivity index (χ2n) is 5.18. The first kappa shape index (κ1) is 13.7. The van der Waals surface area contributed by atoms with Crippen LogP contribution >= 0.6 is 0 Å². The summed E-state index contributed by atoms with van der Waals surface area (Å²) in [5.41, 5.74) is 3.90. The van der Waals surface area contributed by atoms with Crippen molar-refractivity contribution >= 4 is 16.9 Å². The molecule has 0 radical (unpaired) electrons. The third-order valence-electron chi connectivity index (χ3n) is 3.82. The second kappa shape index (κ2) is 5.05. The van der Waals surface area contributed by atoms with Crippen LogP contribution in [0, 0.1) is 0 Å². The van der Waals surface area contributed by atoms with Gasteiger partial charge in [0.25, 0.3) is 5.91 Å². The lowest BCUT2D eigenvalue weighted by Crippen LogP contribution is -2.12. The van der Waals surface area contributed by atoms with E-state index in [1.54, 1.807) is 18.3 Å². The monoisotopic (exact) mass is 315 g/mol. The lowest BCUT2D eigenvalue weighted by Gasteiger charge is -2.04. The molecule has 0 fully saturated rings. The van der Waals surface area contributed by atoms with Gasteiger partial charge in [-0.2, -0.15) is 13.8 Å². The summed E-state index contributed by atoms with van der Waals surface area (Å²) in [5.74, 6) is -0.203. The number of hydrogen-bond donors (Lipinski definition) is 2. The molecule has 5 nitrogen and oxygen atoms in total. The van der Waals surface area contributed by atoms with Crippen LogP contribution in [-0.2, 0) is 6.54 Å². The highest BCUT2D eigenvalue weighted by molar-refractivity contribution is 6.00. The highest BCUT2D eigenvalue weighted by atomic mass is 19.3. The number of carbonyl (C=O) groups excluding carboxylic acids is 1. The molecule has 2 N–H and O–H groups in total. The van der Waals surface area contributed by atoms with Gasteiger partial charge in [0.2, 0.25) is 5.88 Å². The van der Waals surface area contributed by atoms with Crippen molar-refractivity contribution in [2.75, 3.05) is 0 Å². The number of rotatable bonds is 3. The van der Waals surface area contributed by atoms with Gasteiger partial charge in [-0.3, -0.25) is 4.79 Å². The fourth-order valence-corrected chi connectivity index (χ4v) is 2.78. The van der Waals surface area contributed by atoms with Gasteiger partial charge in [0.15, 0.2) is 0 Å². The molecule has 0 aliphatic carbocycles. The quantitative estimate of drug-likeness (QED) is 0.780. The van der Waals surface area contributed by atoms with Crippen LogP contribution in [0.2, 0.25) is 0 Å². The summed E-state index contributed by atoms with van der Waals surface area (Å²) in [4.78, 5) is 18.6. The Morgan fingerprint density at radius 1 is 1.17 bits per heavy atom. The van der Waals surface area contributed by atoms with Crippen molar-refractivity contribution in [1.82, 2.24) is 15.3 Å². The average Bonchev–Trinajstić information content (AvgIpc) is 3.10. The summed E-state index contributed by atoms with van der Waals surface area (Å²) in [5, 5.41) is 3.57. The van der Waals surface area contributed by atoms with Gasteiger partial charge in [-0.05, 0) is 29.3 Å². The van der Waals surface area contributed by atoms with E-state index < -0.39 is 6.61 Å². The molecule has 0 spiro atoms. The third-order valence-corrected chi connectivity index (χ3v) is 3.82. The molecule has 0 atom stereocenters. The van der Waals surface area contributed by atoms with E-state index in [0.29, 0.717) is 17.8 Å². The Morgan fingerprint density at radius 3 is 2.87 bits per heavy atom. The van der Waals surface area contributed by atoms with Crippen LogP contribution in [0.15, 0.2) is 36.5 Å². The Kier molecular flexibility index (Phi) is 3.00. The van der Waals surface area contributed by atoms with Crippen molar-refractivity contribution in [2.45, 2.75) is 13.2 Å². The number of halogens is 2. The number of pyridine rings is 1. The smallest absolute Gasteiger partial charge is 0.388 e. The van der Waals surface area contributed by atoms with Crippen molar-refractivity contribution in [3.63, 3.8) is 0 Å². The number of ether oxygens (including phenoxy) is 1. The van der Waals surface area contributed by atoms with Gasteiger partial charge in [-0.15, -0.1) is 0 Å². The number of hydrogen-bond acceptors (Lipinski definition) is 3. The Labute approximate surface area is 129 Å². The molecule has 1 aromatic carbocycles. The number of H-pyrrole nitrogens is 1. The van der Waals surface area contributed by atoms with Crippen LogP contribution in [0.25, 0.3) is 22.2 Å². The normalized spacial score (nSPS) is 13.4. The van der Waals surface area contributed by atoms with Crippen molar-refractivity contribution in [2.24, 2.45) is 0 Å². The molecule has 3 heterocycles. The van der Waals surface area contributed by atoms with E-state index in [9.17, 15) is 13.6 Å². The van der Waals surface area contributed by atoms with Crippen LogP contribution in [-0.4, -0.2) is 22.5 Å². The molecular formula is C16H11F2N3O2. The number of aromatic amines is 1. The summed E-state index contributed by atoms with van der Waals surface area (Å²) >= 11 is 0. The van der Waals surface area contributed by atoms with E-state index in [1.165, 1.54) is 6.07 Å². The number of carbonyl (C=O) groups is 1. The van der Waals surface area contributed by atoms with Crippen molar-refractivity contribution in [1.29, 1.82) is 0 Å². The Balaban J connectivity index is 1.76. The minimum Gasteiger partial charge on any atom is -0.417 e. The number of benzene rings is 1. The molecule has 0 bridgehead atoms. The fraction of sp³-hybridized carbons (Fsp3) is 0.125. The molecule has 1 aliphatic heterocycles. The van der Waals surface area contributed by atoms with Gasteiger partial charge in [0, 0.05) is 35.3 Å². The molecule has 3 aromatic rings. The lowest BCUT2D eigenvalue weighted by molar-refractivity contribution is -0.0526. The summed E-state index contributed by atoms with van der Waals surface area (Å²) in [7, 11) is 0. The maximum absolute atomic E-state index is 12.2. The molecule has 1 aliphatic rings. The largest absolute Gasteiger partial charge is 0.417 e. The van der Waals surface area contributed by atoms with Crippen LogP contribution < -0.4 is 10.1 Å². The van der Waals surface area contributed by atoms with Crippen LogP contribution in [0.3, 0.4) is 0 Å². The SMILES string of the molecule is O=C1NCc2cc(-c3c[nH]c4nc(OC(F)F)ccc34)ccc21. The van der Waals surface area contributed by atoms with Crippen molar-refractivity contribution < 1.29 is 18.3 Å². The van der Waals surface area contributed by atoms with Crippen molar-refractivity contribution in [3.8, 4) is 17.0 Å². The van der Waals surface area contributed by atoms with E-state index in [-0.39, 0.29) is 11.8 Å². The van der Waals surface area contributed by atoms with E-state index in [4.69, 9.17) is 0 Å². The molecule has 116 valence electrons. The van der Waals surface area contributed by atoms with Crippen LogP contribution in [0.5, 0.6) is 5.88 Å². The molecule has 0 saturated heterocycles. The Morgan fingerprint density at radius 2 is 2.04 bits per heavy atom. The van der Waals surface area contributed by atoms with E-state index >= 15 is 0 Å². The second-order valence-corrected chi connectivity index (χ2v) is 5.18. The zero-order chi connectivity index (χ0) is 16.0. The topological polar surface area (TPSA) is 67.0 Å². The van der Waals surface area contributed by atoms with Gasteiger partial charge in [-0.1, -0.05) is 6.07 Å². The van der Waals surface area contributed by atoms with Crippen LogP contribution in [0.4, 0.5) is 8.78 Å². The highest BCUT2D eigenvalue weighted by Gasteiger charge is 2.19. The lowest BCUT2D eigenvalue weighted by atomic mass is 10.0. The standard InChI is InChI=1S/C16H11F2N3O2/c17-16(18)23-13-4-3-11-12(7-19-14(11)21-13)8-1-2-10-9(5-8)6-20-15(10)22/h1-5,7,16H,6H2,(H,19,21)(H,20,22). The first-order valence-corrected chi connectivity index (χ1v) is 6.96. The van der Waals surface area contributed by atoms with Crippen LogP contribution in [0.1, 0.15) is 15.9 Å². The van der Waals surface area contributed by atoms with Gasteiger partial charge in [0.1, 0.15) is 5.65 Å². The first-order valence-electron chi connectivity index (χ1n) is 6.96. The van der Waals surface area contributed by atoms with Gasteiger partial charge >= 0.3 is 6.61 Å². The van der Waals surface area contributed by atoms with E-state index in [0.717, 1.165) is 22.1 Å². The molecule has 0 saturated carbocycles. The highest BCUT2D eigenvalue weighted by Crippen LogP contribution is 2.31. The number of nitrogens with zero attached hydrogens (tertiary/aromatic N) is 1. The predicted octanol–water partition coefficient (Wildman–Crippen LogP) is 3.07. The maximum atomic E-state index is 12.2. The van der Waals surface area contributed by atoms with E-state index in [1.807, 2.05) is 12.1 Å². The van der Waals surface area contributed by atoms with E-state index in [2.05, 4.69) is 20.0 Å². The zero-order valence-electron chi connectivity index (χ0n) is 11.8. The minimum atomic E-state index is -2.91. The Bertz CT molecular complexity index is 921. The van der Waals surface area contributed by atoms with Gasteiger partial charge < -0.3 is 15.0 Å². The third kappa shape index (κ3) is 2.30. The van der Waals surface area contributed by atoms with Gasteiger partial charge in [-0.25, -0.2) is 0 Å². The average molecular weight is 315 g/mol. The number of alkyl halides is 2. The molecule has 1 amide bonds. The molecule has 7 heteroatoms. The maximum Gasteiger partial charge on any atom is 0.388 e. The molecular weight excluding hydrogens is 304 g/mol. The number of nitrogens with one attached hydrogen (secondary N) is 2. The predicted molar refractivity (Wildman–Crippen MR) is 79.3 cm³/mol. The molecule has 23 heavy (non-hydrogen) atoms. The molecule has 2 aromatic heterocycles. The Hall–Kier alpha value is -2.96. The fourth-order valence-electron chi connectivity index (χ4n) is 2.78. The first-order chi connectivity index (χ1) is 11.1. The van der Waals surface area contributed by atoms with Gasteiger partial charge in [0.05, 0.1) is 0 Å². The minimum absolute atomic E-state index is 0.0686. The number of aromatic nitrogens is 2. The molecule has 0 unspecified atom stereocenters. The summed E-state index contributed by atoms with van der Waals surface area (Å²) < 4.78 is 28.8. The summed E-state index contributed by atoms with van der Waals surface area (Å²) in [6, 6.07) is 8.68. The molecule has 4 rings (SSSR count). The number of fused-ring (bicyclic) bond motifs is 2. The summed E-state index contributed by atoms with van der Waals surface area (Å²) in [6.45, 7) is -2.40. The summed E-state index contributed by atoms with van der Waals surface area (Å²) in [6.07, 6.45) is 1.76.